The normalized spacial score (nSPS) is 12.7. The molecule has 2 rings (SSSR count). The molecule has 0 heterocycles. The SMILES string of the molecule is CCOc1ccc([N+]([O-])=Nc2ccc(OCC(C)CC)cc2)cc1. The Hall–Kier alpha value is -2.56. The predicted octanol–water partition coefficient (Wildman–Crippen LogP) is 5.44. The van der Waals surface area contributed by atoms with E-state index in [4.69, 9.17) is 9.47 Å². The Balaban J connectivity index is 2.01. The van der Waals surface area contributed by atoms with Crippen LogP contribution in [0.25, 0.3) is 0 Å². The molecule has 0 fully saturated rings. The van der Waals surface area contributed by atoms with Gasteiger partial charge in [0.2, 0.25) is 5.69 Å². The highest BCUT2D eigenvalue weighted by Crippen LogP contribution is 2.23. The van der Waals surface area contributed by atoms with Gasteiger partial charge in [-0.3, -0.25) is 0 Å². The Morgan fingerprint density at radius 1 is 0.958 bits per heavy atom. The standard InChI is InChI=1S/C19H24N2O3/c1-4-15(3)14-24-19-10-6-16(7-11-19)20-21(22)17-8-12-18(13-9-17)23-5-2/h6-13,15H,4-5,14H2,1-3H3. The lowest BCUT2D eigenvalue weighted by Gasteiger charge is -2.10. The molecule has 24 heavy (non-hydrogen) atoms. The van der Waals surface area contributed by atoms with Gasteiger partial charge in [-0.1, -0.05) is 25.1 Å². The molecule has 0 aliphatic carbocycles. The Bertz CT molecular complexity index is 651. The third-order valence-corrected chi connectivity index (χ3v) is 3.64. The fraction of sp³-hybridized carbons (Fsp3) is 0.368. The van der Waals surface area contributed by atoms with Gasteiger partial charge in [-0.15, -0.1) is 0 Å². The Morgan fingerprint density at radius 3 is 2.12 bits per heavy atom. The first-order chi connectivity index (χ1) is 11.6. The number of hydrogen-bond donors (Lipinski definition) is 0. The van der Waals surface area contributed by atoms with Gasteiger partial charge in [-0.05, 0) is 49.2 Å². The van der Waals surface area contributed by atoms with Crippen LogP contribution in [-0.2, 0) is 0 Å². The molecule has 2 aromatic rings. The van der Waals surface area contributed by atoms with Crippen molar-refractivity contribution in [2.24, 2.45) is 11.0 Å². The minimum atomic E-state index is 0.454. The van der Waals surface area contributed by atoms with E-state index < -0.39 is 0 Å². The molecule has 1 unspecified atom stereocenters. The molecule has 0 aliphatic heterocycles. The zero-order valence-electron chi connectivity index (χ0n) is 14.4. The van der Waals surface area contributed by atoms with Crippen molar-refractivity contribution in [2.75, 3.05) is 13.2 Å². The van der Waals surface area contributed by atoms with E-state index in [9.17, 15) is 5.21 Å². The third kappa shape index (κ3) is 5.26. The summed E-state index contributed by atoms with van der Waals surface area (Å²) in [6, 6.07) is 14.1. The number of azo groups is 1. The summed E-state index contributed by atoms with van der Waals surface area (Å²) in [6.07, 6.45) is 1.08. The van der Waals surface area contributed by atoms with Crippen LogP contribution in [0, 0.1) is 11.1 Å². The first-order valence-corrected chi connectivity index (χ1v) is 8.27. The molecule has 0 saturated carbocycles. The van der Waals surface area contributed by atoms with Gasteiger partial charge in [0.25, 0.3) is 0 Å². The summed E-state index contributed by atoms with van der Waals surface area (Å²) in [7, 11) is 0. The summed E-state index contributed by atoms with van der Waals surface area (Å²) in [5.74, 6) is 2.04. The molecular formula is C19H24N2O3. The molecule has 5 nitrogen and oxygen atoms in total. The molecule has 0 bridgehead atoms. The van der Waals surface area contributed by atoms with Crippen molar-refractivity contribution in [1.82, 2.24) is 0 Å². The summed E-state index contributed by atoms with van der Waals surface area (Å²) >= 11 is 0. The fourth-order valence-corrected chi connectivity index (χ4v) is 1.96. The van der Waals surface area contributed by atoms with E-state index in [0.717, 1.165) is 17.9 Å². The number of benzene rings is 2. The quantitative estimate of drug-likeness (QED) is 0.368. The van der Waals surface area contributed by atoms with Crippen LogP contribution in [0.5, 0.6) is 11.5 Å². The zero-order chi connectivity index (χ0) is 17.4. The van der Waals surface area contributed by atoms with Gasteiger partial charge >= 0.3 is 0 Å². The highest BCUT2D eigenvalue weighted by atomic mass is 16.5. The lowest BCUT2D eigenvalue weighted by molar-refractivity contribution is -0.435. The summed E-state index contributed by atoms with van der Waals surface area (Å²) in [5.41, 5.74) is 1.03. The molecule has 1 atom stereocenters. The molecule has 0 aliphatic rings. The number of hydrogen-bond acceptors (Lipinski definition) is 4. The van der Waals surface area contributed by atoms with Gasteiger partial charge in [0, 0.05) is 17.2 Å². The fourth-order valence-electron chi connectivity index (χ4n) is 1.96. The van der Waals surface area contributed by atoms with Gasteiger partial charge < -0.3 is 14.7 Å². The van der Waals surface area contributed by atoms with E-state index in [-0.39, 0.29) is 0 Å². The molecule has 128 valence electrons. The van der Waals surface area contributed by atoms with Crippen LogP contribution in [0.1, 0.15) is 27.2 Å². The maximum absolute atomic E-state index is 12.1. The second kappa shape index (κ2) is 8.91. The van der Waals surface area contributed by atoms with Crippen molar-refractivity contribution in [3.8, 4) is 11.5 Å². The van der Waals surface area contributed by atoms with Crippen LogP contribution in [0.15, 0.2) is 53.6 Å². The van der Waals surface area contributed by atoms with E-state index in [1.165, 1.54) is 0 Å². The molecule has 0 saturated heterocycles. The average Bonchev–Trinajstić information content (AvgIpc) is 2.61. The van der Waals surface area contributed by atoms with Crippen molar-refractivity contribution in [1.29, 1.82) is 0 Å². The Morgan fingerprint density at radius 2 is 1.54 bits per heavy atom. The largest absolute Gasteiger partial charge is 0.594 e. The predicted molar refractivity (Wildman–Crippen MR) is 94.4 cm³/mol. The van der Waals surface area contributed by atoms with Crippen molar-refractivity contribution >= 4 is 11.4 Å². The van der Waals surface area contributed by atoms with E-state index in [1.54, 1.807) is 36.4 Å². The van der Waals surface area contributed by atoms with E-state index >= 15 is 0 Å². The lowest BCUT2D eigenvalue weighted by Crippen LogP contribution is -2.06. The maximum atomic E-state index is 12.1. The smallest absolute Gasteiger partial charge is 0.245 e. The van der Waals surface area contributed by atoms with Crippen LogP contribution in [0.2, 0.25) is 0 Å². The third-order valence-electron chi connectivity index (χ3n) is 3.64. The Labute approximate surface area is 143 Å². The summed E-state index contributed by atoms with van der Waals surface area (Å²) < 4.78 is 11.0. The topological polar surface area (TPSA) is 56.9 Å². The second-order valence-corrected chi connectivity index (χ2v) is 5.62. The molecule has 0 spiro atoms. The highest BCUT2D eigenvalue weighted by molar-refractivity contribution is 5.41. The molecule has 0 radical (unpaired) electrons. The maximum Gasteiger partial charge on any atom is 0.245 e. The molecule has 0 aromatic heterocycles. The molecule has 0 N–H and O–H groups in total. The summed E-state index contributed by atoms with van der Waals surface area (Å²) in [4.78, 5) is 0.602. The zero-order valence-corrected chi connectivity index (χ0v) is 14.4. The van der Waals surface area contributed by atoms with E-state index in [2.05, 4.69) is 19.0 Å². The van der Waals surface area contributed by atoms with Gasteiger partial charge in [0.1, 0.15) is 17.2 Å². The van der Waals surface area contributed by atoms with Crippen molar-refractivity contribution < 1.29 is 14.3 Å². The summed E-state index contributed by atoms with van der Waals surface area (Å²) in [6.45, 7) is 7.48. The van der Waals surface area contributed by atoms with Crippen molar-refractivity contribution in [3.05, 3.63) is 53.7 Å². The average molecular weight is 328 g/mol. The minimum Gasteiger partial charge on any atom is -0.594 e. The first-order valence-electron chi connectivity index (χ1n) is 8.27. The van der Waals surface area contributed by atoms with Crippen LogP contribution in [-0.4, -0.2) is 18.1 Å². The monoisotopic (exact) mass is 328 g/mol. The van der Waals surface area contributed by atoms with Crippen molar-refractivity contribution in [2.45, 2.75) is 27.2 Å². The minimum absolute atomic E-state index is 0.454. The van der Waals surface area contributed by atoms with Crippen LogP contribution in [0.4, 0.5) is 11.4 Å². The number of rotatable bonds is 8. The van der Waals surface area contributed by atoms with Gasteiger partial charge in [0.15, 0.2) is 0 Å². The van der Waals surface area contributed by atoms with E-state index in [0.29, 0.717) is 35.4 Å². The molecule has 0 amide bonds. The van der Waals surface area contributed by atoms with Crippen LogP contribution in [0.3, 0.4) is 0 Å². The van der Waals surface area contributed by atoms with Gasteiger partial charge in [-0.25, -0.2) is 0 Å². The Kier molecular flexibility index (Phi) is 6.61. The molecule has 5 heteroatoms. The number of nitrogens with zero attached hydrogens (tertiary/aromatic N) is 2. The summed E-state index contributed by atoms with van der Waals surface area (Å²) in [5, 5.41) is 16.1. The molecular weight excluding hydrogens is 304 g/mol. The second-order valence-electron chi connectivity index (χ2n) is 5.62. The van der Waals surface area contributed by atoms with E-state index in [1.807, 2.05) is 19.1 Å². The molecule has 2 aromatic carbocycles. The highest BCUT2D eigenvalue weighted by Gasteiger charge is 2.05. The number of ether oxygens (including phenoxy) is 2. The van der Waals surface area contributed by atoms with Gasteiger partial charge in [-0.2, -0.15) is 0 Å². The van der Waals surface area contributed by atoms with Crippen LogP contribution >= 0.6 is 0 Å². The lowest BCUT2D eigenvalue weighted by atomic mass is 10.1. The van der Waals surface area contributed by atoms with Crippen LogP contribution < -0.4 is 9.47 Å². The first kappa shape index (κ1) is 17.8. The van der Waals surface area contributed by atoms with Crippen molar-refractivity contribution in [3.63, 3.8) is 0 Å². The van der Waals surface area contributed by atoms with Gasteiger partial charge in [0.05, 0.1) is 13.2 Å².